The van der Waals surface area contributed by atoms with Crippen LogP contribution in [0.2, 0.25) is 0 Å². The van der Waals surface area contributed by atoms with Crippen molar-refractivity contribution < 1.29 is 14.0 Å². The largest absolute Gasteiger partial charge is 0.461 e. The van der Waals surface area contributed by atoms with Gasteiger partial charge in [0.25, 0.3) is 11.8 Å². The van der Waals surface area contributed by atoms with Gasteiger partial charge in [-0.25, -0.2) is 4.98 Å². The minimum atomic E-state index is -0.253. The molecule has 4 rings (SSSR count). The molecular weight excluding hydrogens is 374 g/mol. The van der Waals surface area contributed by atoms with Crippen molar-refractivity contribution in [1.29, 1.82) is 0 Å². The normalized spacial score (nSPS) is 12.7. The molecule has 1 N–H and O–H groups in total. The van der Waals surface area contributed by atoms with Crippen LogP contribution in [0.15, 0.2) is 34.7 Å². The monoisotopic (exact) mass is 395 g/mol. The zero-order valence-corrected chi connectivity index (χ0v) is 16.9. The van der Waals surface area contributed by atoms with Gasteiger partial charge in [0.05, 0.1) is 16.8 Å². The number of furan rings is 1. The summed E-state index contributed by atoms with van der Waals surface area (Å²) in [6, 6.07) is 8.92. The first-order valence-electron chi connectivity index (χ1n) is 9.15. The summed E-state index contributed by atoms with van der Waals surface area (Å²) in [7, 11) is 3.41. The van der Waals surface area contributed by atoms with E-state index in [1.54, 1.807) is 33.2 Å². The Morgan fingerprint density at radius 3 is 2.71 bits per heavy atom. The van der Waals surface area contributed by atoms with Crippen molar-refractivity contribution in [3.8, 4) is 11.3 Å². The minimum Gasteiger partial charge on any atom is -0.461 e. The summed E-state index contributed by atoms with van der Waals surface area (Å²) in [6.07, 6.45) is 3.15. The van der Waals surface area contributed by atoms with Crippen molar-refractivity contribution in [2.45, 2.75) is 26.2 Å². The Bertz CT molecular complexity index is 1040. The molecule has 3 aromatic rings. The van der Waals surface area contributed by atoms with Crippen molar-refractivity contribution in [1.82, 2.24) is 9.88 Å². The van der Waals surface area contributed by atoms with Crippen LogP contribution in [0, 0.1) is 6.92 Å². The molecule has 1 aliphatic carbocycles. The van der Waals surface area contributed by atoms with Gasteiger partial charge in [-0.05, 0) is 38.3 Å². The van der Waals surface area contributed by atoms with Crippen molar-refractivity contribution in [3.63, 3.8) is 0 Å². The molecule has 0 bridgehead atoms. The van der Waals surface area contributed by atoms with E-state index in [-0.39, 0.29) is 11.8 Å². The first kappa shape index (κ1) is 18.4. The van der Waals surface area contributed by atoms with Gasteiger partial charge in [-0.15, -0.1) is 11.3 Å². The molecule has 1 aliphatic rings. The van der Waals surface area contributed by atoms with E-state index >= 15 is 0 Å². The highest BCUT2D eigenvalue weighted by Gasteiger charge is 2.22. The fourth-order valence-corrected chi connectivity index (χ4v) is 4.42. The summed E-state index contributed by atoms with van der Waals surface area (Å²) in [5, 5.41) is 3.51. The number of anilines is 1. The van der Waals surface area contributed by atoms with Gasteiger partial charge in [-0.1, -0.05) is 18.2 Å². The molecule has 0 atom stereocenters. The molecule has 0 fully saturated rings. The van der Waals surface area contributed by atoms with E-state index in [1.165, 1.54) is 21.1 Å². The molecule has 0 aliphatic heterocycles. The number of benzene rings is 1. The van der Waals surface area contributed by atoms with Crippen LogP contribution in [0.3, 0.4) is 0 Å². The molecule has 1 aromatic carbocycles. The van der Waals surface area contributed by atoms with Crippen LogP contribution < -0.4 is 5.32 Å². The Balaban J connectivity index is 1.62. The standard InChI is InChI=1S/C21H21N3O3S/c1-12-15(19(25)23-21-22-16-9-6-10-18(16)28-21)11-17(27-12)13-7-4-5-8-14(13)20(26)24(2)3/h4-5,7-8,11H,6,9-10H2,1-3H3,(H,22,23,25). The topological polar surface area (TPSA) is 75.4 Å². The third-order valence-corrected chi connectivity index (χ3v) is 5.88. The number of hydrogen-bond acceptors (Lipinski definition) is 5. The van der Waals surface area contributed by atoms with E-state index < -0.39 is 0 Å². The lowest BCUT2D eigenvalue weighted by Gasteiger charge is -2.12. The summed E-state index contributed by atoms with van der Waals surface area (Å²) in [5.41, 5.74) is 2.74. The number of fused-ring (bicyclic) bond motifs is 1. The number of hydrogen-bond donors (Lipinski definition) is 1. The summed E-state index contributed by atoms with van der Waals surface area (Å²) in [5.74, 6) is 0.628. The average Bonchev–Trinajstić information content (AvgIpc) is 3.35. The zero-order valence-electron chi connectivity index (χ0n) is 16.0. The van der Waals surface area contributed by atoms with Crippen LogP contribution in [-0.4, -0.2) is 35.8 Å². The molecular formula is C21H21N3O3S. The maximum atomic E-state index is 12.8. The predicted octanol–water partition coefficient (Wildman–Crippen LogP) is 4.15. The summed E-state index contributed by atoms with van der Waals surface area (Å²) < 4.78 is 5.84. The first-order chi connectivity index (χ1) is 13.4. The number of aryl methyl sites for hydroxylation is 3. The van der Waals surface area contributed by atoms with Gasteiger partial charge in [-0.2, -0.15) is 0 Å². The molecule has 0 saturated carbocycles. The number of carbonyl (C=O) groups is 2. The Morgan fingerprint density at radius 1 is 1.18 bits per heavy atom. The van der Waals surface area contributed by atoms with E-state index in [1.807, 2.05) is 18.2 Å². The van der Waals surface area contributed by atoms with Crippen LogP contribution in [0.1, 0.15) is 43.5 Å². The number of amides is 2. The summed E-state index contributed by atoms with van der Waals surface area (Å²) in [6.45, 7) is 1.75. The van der Waals surface area contributed by atoms with Gasteiger partial charge in [0.1, 0.15) is 11.5 Å². The van der Waals surface area contributed by atoms with Crippen LogP contribution in [0.25, 0.3) is 11.3 Å². The summed E-state index contributed by atoms with van der Waals surface area (Å²) >= 11 is 1.54. The van der Waals surface area contributed by atoms with Crippen LogP contribution in [0.5, 0.6) is 0 Å². The Morgan fingerprint density at radius 2 is 1.96 bits per heavy atom. The SMILES string of the molecule is Cc1oc(-c2ccccc2C(=O)N(C)C)cc1C(=O)Nc1nc2c(s1)CCC2. The molecule has 2 aromatic heterocycles. The van der Waals surface area contributed by atoms with Crippen molar-refractivity contribution in [2.75, 3.05) is 19.4 Å². The van der Waals surface area contributed by atoms with Crippen molar-refractivity contribution >= 4 is 28.3 Å². The maximum absolute atomic E-state index is 12.8. The third-order valence-electron chi connectivity index (χ3n) is 4.81. The molecule has 144 valence electrons. The fraction of sp³-hybridized carbons (Fsp3) is 0.286. The van der Waals surface area contributed by atoms with Crippen molar-refractivity contribution in [2.24, 2.45) is 0 Å². The van der Waals surface area contributed by atoms with E-state index in [2.05, 4.69) is 10.3 Å². The van der Waals surface area contributed by atoms with Gasteiger partial charge < -0.3 is 9.32 Å². The van der Waals surface area contributed by atoms with Crippen molar-refractivity contribution in [3.05, 3.63) is 57.8 Å². The van der Waals surface area contributed by atoms with Crippen LogP contribution in [0.4, 0.5) is 5.13 Å². The lowest BCUT2D eigenvalue weighted by molar-refractivity contribution is 0.0828. The molecule has 2 heterocycles. The molecule has 0 radical (unpaired) electrons. The van der Waals surface area contributed by atoms with E-state index in [0.717, 1.165) is 25.0 Å². The van der Waals surface area contributed by atoms with E-state index in [0.29, 0.717) is 33.3 Å². The van der Waals surface area contributed by atoms with Gasteiger partial charge >= 0.3 is 0 Å². The minimum absolute atomic E-state index is 0.118. The van der Waals surface area contributed by atoms with E-state index in [9.17, 15) is 9.59 Å². The second-order valence-electron chi connectivity index (χ2n) is 7.02. The predicted molar refractivity (Wildman–Crippen MR) is 109 cm³/mol. The quantitative estimate of drug-likeness (QED) is 0.720. The zero-order chi connectivity index (χ0) is 19.8. The molecule has 7 heteroatoms. The number of aromatic nitrogens is 1. The van der Waals surface area contributed by atoms with Gasteiger partial charge in [0.2, 0.25) is 0 Å². The third kappa shape index (κ3) is 3.33. The van der Waals surface area contributed by atoms with Crippen LogP contribution >= 0.6 is 11.3 Å². The Labute approximate surface area is 167 Å². The summed E-state index contributed by atoms with van der Waals surface area (Å²) in [4.78, 5) is 32.5. The molecule has 0 unspecified atom stereocenters. The van der Waals surface area contributed by atoms with Gasteiger partial charge in [0, 0.05) is 24.5 Å². The first-order valence-corrected chi connectivity index (χ1v) is 9.97. The maximum Gasteiger partial charge on any atom is 0.261 e. The molecule has 2 amide bonds. The Hall–Kier alpha value is -2.93. The number of nitrogens with zero attached hydrogens (tertiary/aromatic N) is 2. The fourth-order valence-electron chi connectivity index (χ4n) is 3.37. The van der Waals surface area contributed by atoms with Gasteiger partial charge in [-0.3, -0.25) is 14.9 Å². The molecule has 0 saturated heterocycles. The lowest BCUT2D eigenvalue weighted by Crippen LogP contribution is -2.22. The highest BCUT2D eigenvalue weighted by molar-refractivity contribution is 7.16. The highest BCUT2D eigenvalue weighted by atomic mass is 32.1. The van der Waals surface area contributed by atoms with E-state index in [4.69, 9.17) is 4.42 Å². The Kier molecular flexibility index (Phi) is 4.77. The number of nitrogens with one attached hydrogen (secondary N) is 1. The molecule has 28 heavy (non-hydrogen) atoms. The smallest absolute Gasteiger partial charge is 0.261 e. The number of carbonyl (C=O) groups excluding carboxylic acids is 2. The highest BCUT2D eigenvalue weighted by Crippen LogP contribution is 2.32. The molecule has 6 nitrogen and oxygen atoms in total. The van der Waals surface area contributed by atoms with Gasteiger partial charge in [0.15, 0.2) is 5.13 Å². The number of thiazole rings is 1. The van der Waals surface area contributed by atoms with Crippen LogP contribution in [-0.2, 0) is 12.8 Å². The second-order valence-corrected chi connectivity index (χ2v) is 8.11. The second kappa shape index (κ2) is 7.24. The number of rotatable bonds is 4. The molecule has 0 spiro atoms. The lowest BCUT2D eigenvalue weighted by atomic mass is 10.0. The average molecular weight is 395 g/mol.